The summed E-state index contributed by atoms with van der Waals surface area (Å²) < 4.78 is 0. The van der Waals surface area contributed by atoms with Gasteiger partial charge in [0, 0.05) is 12.1 Å². The van der Waals surface area contributed by atoms with Crippen molar-refractivity contribution in [2.24, 2.45) is 0 Å². The second-order valence-electron chi connectivity index (χ2n) is 2.18. The average molecular weight is 180 g/mol. The molecule has 0 heterocycles. The Hall–Kier alpha value is -1.95. The van der Waals surface area contributed by atoms with Gasteiger partial charge in [-0.05, 0) is 12.1 Å². The van der Waals surface area contributed by atoms with E-state index < -0.39 is 10.9 Å². The first-order valence-electron chi connectivity index (χ1n) is 3.25. The first-order valence-corrected chi connectivity index (χ1v) is 3.25. The van der Waals surface area contributed by atoms with Gasteiger partial charge in [0.25, 0.3) is 5.69 Å². The Balaban J connectivity index is 2.93. The molecule has 13 heavy (non-hydrogen) atoms. The van der Waals surface area contributed by atoms with Crippen LogP contribution >= 0.6 is 0 Å². The SMILES string of the molecule is [N]OC(=O)c1ccc([N+](=O)[O-])cc1. The molecular weight excluding hydrogens is 176 g/mol. The second-order valence-corrected chi connectivity index (χ2v) is 2.18. The third-order valence-corrected chi connectivity index (χ3v) is 1.40. The molecule has 0 amide bonds. The molecule has 2 radical (unpaired) electrons. The van der Waals surface area contributed by atoms with Crippen molar-refractivity contribution < 1.29 is 14.6 Å². The van der Waals surface area contributed by atoms with E-state index in [2.05, 4.69) is 4.84 Å². The van der Waals surface area contributed by atoms with Gasteiger partial charge in [0.15, 0.2) is 0 Å². The number of hydrogen-bond acceptors (Lipinski definition) is 4. The van der Waals surface area contributed by atoms with E-state index in [1.165, 1.54) is 12.1 Å². The van der Waals surface area contributed by atoms with Crippen LogP contribution in [0.3, 0.4) is 0 Å². The molecule has 1 aromatic carbocycles. The summed E-state index contributed by atoms with van der Waals surface area (Å²) in [7, 11) is 0. The molecule has 0 saturated carbocycles. The van der Waals surface area contributed by atoms with E-state index in [1.807, 2.05) is 0 Å². The molecule has 0 N–H and O–H groups in total. The highest BCUT2D eigenvalue weighted by atomic mass is 16.7. The summed E-state index contributed by atoms with van der Waals surface area (Å²) in [5.74, 6) is 7.03. The zero-order valence-corrected chi connectivity index (χ0v) is 6.34. The maximum atomic E-state index is 10.7. The van der Waals surface area contributed by atoms with Crippen molar-refractivity contribution in [2.75, 3.05) is 0 Å². The van der Waals surface area contributed by atoms with Crippen LogP contribution in [-0.4, -0.2) is 10.9 Å². The van der Waals surface area contributed by atoms with Crippen molar-refractivity contribution in [1.82, 2.24) is 5.90 Å². The molecular formula is C7H4N2O4. The van der Waals surface area contributed by atoms with Crippen LogP contribution in [0.5, 0.6) is 0 Å². The lowest BCUT2D eigenvalue weighted by atomic mass is 10.2. The van der Waals surface area contributed by atoms with Gasteiger partial charge < -0.3 is 4.84 Å². The minimum absolute atomic E-state index is 0.0492. The number of carbonyl (C=O) groups excluding carboxylic acids is 1. The number of carbonyl (C=O) groups is 1. The Morgan fingerprint density at radius 3 is 2.31 bits per heavy atom. The maximum absolute atomic E-state index is 10.7. The standard InChI is InChI=1S/C7H4N2O4/c8-13-7(10)5-1-3-6(4-2-5)9(11)12/h1-4H. The topological polar surface area (TPSA) is 91.7 Å². The Kier molecular flexibility index (Phi) is 2.56. The Morgan fingerprint density at radius 1 is 1.38 bits per heavy atom. The quantitative estimate of drug-likeness (QED) is 0.495. The van der Waals surface area contributed by atoms with Crippen LogP contribution in [-0.2, 0) is 4.84 Å². The zero-order valence-electron chi connectivity index (χ0n) is 6.34. The number of nitro benzene ring substituents is 1. The number of non-ortho nitro benzene ring substituents is 1. The average Bonchev–Trinajstić information content (AvgIpc) is 2.17. The fourth-order valence-electron chi connectivity index (χ4n) is 0.772. The molecule has 6 nitrogen and oxygen atoms in total. The summed E-state index contributed by atoms with van der Waals surface area (Å²) in [6, 6.07) is 4.67. The van der Waals surface area contributed by atoms with Crippen LogP contribution in [0.1, 0.15) is 10.4 Å². The third-order valence-electron chi connectivity index (χ3n) is 1.40. The highest BCUT2D eigenvalue weighted by Crippen LogP contribution is 2.11. The first-order chi connectivity index (χ1) is 6.15. The smallest absolute Gasteiger partial charge is 0.324 e. The van der Waals surface area contributed by atoms with Crippen molar-refractivity contribution >= 4 is 11.7 Å². The summed E-state index contributed by atoms with van der Waals surface area (Å²) in [5, 5.41) is 10.2. The van der Waals surface area contributed by atoms with Gasteiger partial charge in [0.1, 0.15) is 5.90 Å². The van der Waals surface area contributed by atoms with Gasteiger partial charge in [0.2, 0.25) is 0 Å². The summed E-state index contributed by atoms with van der Waals surface area (Å²) >= 11 is 0. The predicted octanol–water partition coefficient (Wildman–Crippen LogP) is 0.735. The summed E-state index contributed by atoms with van der Waals surface area (Å²) in [4.78, 5) is 23.7. The Bertz CT molecular complexity index is 333. The lowest BCUT2D eigenvalue weighted by molar-refractivity contribution is -0.384. The molecule has 0 aromatic heterocycles. The maximum Gasteiger partial charge on any atom is 0.360 e. The highest BCUT2D eigenvalue weighted by Gasteiger charge is 2.09. The van der Waals surface area contributed by atoms with E-state index in [9.17, 15) is 14.9 Å². The van der Waals surface area contributed by atoms with Crippen LogP contribution in [0.25, 0.3) is 0 Å². The van der Waals surface area contributed by atoms with Gasteiger partial charge in [-0.15, -0.1) is 0 Å². The zero-order chi connectivity index (χ0) is 9.84. The molecule has 0 aliphatic rings. The minimum atomic E-state index is -0.949. The second kappa shape index (κ2) is 3.63. The van der Waals surface area contributed by atoms with Crippen LogP contribution < -0.4 is 5.90 Å². The van der Waals surface area contributed by atoms with Crippen molar-refractivity contribution in [2.45, 2.75) is 0 Å². The van der Waals surface area contributed by atoms with Gasteiger partial charge >= 0.3 is 5.97 Å². The van der Waals surface area contributed by atoms with Crippen LogP contribution in [0.2, 0.25) is 0 Å². The molecule has 0 spiro atoms. The highest BCUT2D eigenvalue weighted by molar-refractivity contribution is 5.89. The van der Waals surface area contributed by atoms with E-state index in [1.54, 1.807) is 0 Å². The predicted molar refractivity (Wildman–Crippen MR) is 40.6 cm³/mol. The normalized spacial score (nSPS) is 9.31. The van der Waals surface area contributed by atoms with Gasteiger partial charge in [0.05, 0.1) is 10.5 Å². The third kappa shape index (κ3) is 2.00. The van der Waals surface area contributed by atoms with E-state index >= 15 is 0 Å². The largest absolute Gasteiger partial charge is 0.360 e. The fraction of sp³-hybridized carbons (Fsp3) is 0. The molecule has 0 aliphatic heterocycles. The molecule has 0 fully saturated rings. The summed E-state index contributed by atoms with van der Waals surface area (Å²) in [6.07, 6.45) is 0. The summed E-state index contributed by atoms with van der Waals surface area (Å²) in [5.41, 5.74) is -0.0809. The minimum Gasteiger partial charge on any atom is -0.324 e. The van der Waals surface area contributed by atoms with Crippen molar-refractivity contribution in [3.8, 4) is 0 Å². The van der Waals surface area contributed by atoms with Crippen LogP contribution in [0.15, 0.2) is 24.3 Å². The lowest BCUT2D eigenvalue weighted by Gasteiger charge is -1.94. The van der Waals surface area contributed by atoms with Crippen molar-refractivity contribution in [1.29, 1.82) is 0 Å². The number of rotatable bonds is 2. The monoisotopic (exact) mass is 180 g/mol. The molecule has 0 aliphatic carbocycles. The molecule has 1 rings (SSSR count). The molecule has 0 unspecified atom stereocenters. The van der Waals surface area contributed by atoms with Crippen LogP contribution in [0, 0.1) is 10.1 Å². The van der Waals surface area contributed by atoms with Gasteiger partial charge in [-0.1, -0.05) is 0 Å². The number of nitrogens with zero attached hydrogens (tertiary/aromatic N) is 2. The molecule has 0 bridgehead atoms. The molecule has 0 atom stereocenters. The Morgan fingerprint density at radius 2 is 1.92 bits per heavy atom. The van der Waals surface area contributed by atoms with E-state index in [-0.39, 0.29) is 11.3 Å². The molecule has 66 valence electrons. The number of nitro groups is 1. The van der Waals surface area contributed by atoms with Gasteiger partial charge in [-0.3, -0.25) is 10.1 Å². The van der Waals surface area contributed by atoms with E-state index in [0.717, 1.165) is 12.1 Å². The van der Waals surface area contributed by atoms with E-state index in [4.69, 9.17) is 5.90 Å². The van der Waals surface area contributed by atoms with Gasteiger partial charge in [-0.25, -0.2) is 4.79 Å². The molecule has 0 saturated heterocycles. The Labute approximate surface area is 73.0 Å². The fourth-order valence-corrected chi connectivity index (χ4v) is 0.772. The van der Waals surface area contributed by atoms with Gasteiger partial charge in [-0.2, -0.15) is 0 Å². The number of hydrogen-bond donors (Lipinski definition) is 0. The lowest BCUT2D eigenvalue weighted by Crippen LogP contribution is -2.02. The van der Waals surface area contributed by atoms with Crippen molar-refractivity contribution in [3.05, 3.63) is 39.9 Å². The summed E-state index contributed by atoms with van der Waals surface area (Å²) in [6.45, 7) is 0. The van der Waals surface area contributed by atoms with Crippen molar-refractivity contribution in [3.63, 3.8) is 0 Å². The van der Waals surface area contributed by atoms with E-state index in [0.29, 0.717) is 0 Å². The van der Waals surface area contributed by atoms with Crippen LogP contribution in [0.4, 0.5) is 5.69 Å². The molecule has 1 aromatic rings. The molecule has 6 heteroatoms. The number of benzene rings is 1. The first kappa shape index (κ1) is 9.14.